The van der Waals surface area contributed by atoms with Crippen molar-refractivity contribution in [2.45, 2.75) is 13.8 Å². The van der Waals surface area contributed by atoms with Crippen molar-refractivity contribution < 1.29 is 23.0 Å². The minimum Gasteiger partial charge on any atom is -0.462 e. The Bertz CT molecular complexity index is 1320. The second kappa shape index (κ2) is 10.1. The molecule has 0 aliphatic carbocycles. The smallest absolute Gasteiger partial charge is 0.343 e. The predicted octanol–water partition coefficient (Wildman–Crippen LogP) is 7.74. The minimum atomic E-state index is -1.29. The Morgan fingerprint density at radius 1 is 0.676 bits per heavy atom. The molecule has 0 aliphatic rings. The summed E-state index contributed by atoms with van der Waals surface area (Å²) in [7, 11) is 0. The molecule has 0 radical (unpaired) electrons. The van der Waals surface area contributed by atoms with Gasteiger partial charge in [0.15, 0.2) is 11.5 Å². The van der Waals surface area contributed by atoms with E-state index in [2.05, 4.69) is 31.2 Å². The van der Waals surface area contributed by atoms with Crippen LogP contribution in [0.25, 0.3) is 22.3 Å². The maximum Gasteiger partial charge on any atom is 0.343 e. The third-order valence-corrected chi connectivity index (χ3v) is 5.27. The van der Waals surface area contributed by atoms with Crippen LogP contribution in [0.2, 0.25) is 0 Å². The van der Waals surface area contributed by atoms with Crippen molar-refractivity contribution in [1.82, 2.24) is 0 Å². The van der Waals surface area contributed by atoms with Crippen LogP contribution in [-0.2, 0) is 0 Å². The van der Waals surface area contributed by atoms with E-state index in [4.69, 9.17) is 9.47 Å². The molecule has 0 saturated carbocycles. The van der Waals surface area contributed by atoms with Gasteiger partial charge in [0, 0.05) is 0 Å². The molecule has 0 saturated heterocycles. The first-order chi connectivity index (χ1) is 16.5. The number of esters is 1. The number of halogens is 2. The Morgan fingerprint density at radius 3 is 1.65 bits per heavy atom. The van der Waals surface area contributed by atoms with Gasteiger partial charge >= 0.3 is 5.97 Å². The van der Waals surface area contributed by atoms with Crippen molar-refractivity contribution in [2.24, 2.45) is 0 Å². The fourth-order valence-corrected chi connectivity index (χ4v) is 3.38. The Morgan fingerprint density at radius 2 is 1.12 bits per heavy atom. The van der Waals surface area contributed by atoms with Crippen LogP contribution in [0.4, 0.5) is 8.78 Å². The molecule has 0 aromatic heterocycles. The van der Waals surface area contributed by atoms with Gasteiger partial charge in [0.05, 0.1) is 11.8 Å². The van der Waals surface area contributed by atoms with E-state index in [1.54, 1.807) is 31.2 Å². The Labute approximate surface area is 196 Å². The lowest BCUT2D eigenvalue weighted by Crippen LogP contribution is -2.10. The molecule has 0 unspecified atom stereocenters. The van der Waals surface area contributed by atoms with Gasteiger partial charge in [-0.1, -0.05) is 72.3 Å². The molecule has 0 spiro atoms. The summed E-state index contributed by atoms with van der Waals surface area (Å²) in [6.07, 6.45) is 2.76. The van der Waals surface area contributed by atoms with E-state index >= 15 is 0 Å². The topological polar surface area (TPSA) is 35.5 Å². The molecule has 4 aromatic rings. The number of rotatable bonds is 6. The number of allylic oxidation sites excluding steroid dienone is 1. The van der Waals surface area contributed by atoms with Gasteiger partial charge in [-0.3, -0.25) is 0 Å². The molecule has 0 fully saturated rings. The molecule has 0 aliphatic heterocycles. The normalized spacial score (nSPS) is 10.9. The Balaban J connectivity index is 1.47. The zero-order chi connectivity index (χ0) is 24.1. The van der Waals surface area contributed by atoms with Crippen LogP contribution in [0.3, 0.4) is 0 Å². The van der Waals surface area contributed by atoms with E-state index in [1.807, 2.05) is 24.3 Å². The molecule has 0 heterocycles. The molecule has 4 rings (SSSR count). The van der Waals surface area contributed by atoms with Gasteiger partial charge in [-0.05, 0) is 60.4 Å². The summed E-state index contributed by atoms with van der Waals surface area (Å²) in [4.78, 5) is 12.5. The number of hydrogen-bond donors (Lipinski definition) is 0. The molecule has 0 atom stereocenters. The molecule has 34 heavy (non-hydrogen) atoms. The number of hydrogen-bond acceptors (Lipinski definition) is 3. The zero-order valence-corrected chi connectivity index (χ0v) is 18.7. The summed E-state index contributed by atoms with van der Waals surface area (Å²) in [6.45, 7) is 3.73. The zero-order valence-electron chi connectivity index (χ0n) is 18.7. The van der Waals surface area contributed by atoms with Gasteiger partial charge in [-0.25, -0.2) is 4.79 Å². The average Bonchev–Trinajstić information content (AvgIpc) is 2.87. The highest BCUT2D eigenvalue weighted by atomic mass is 19.2. The lowest BCUT2D eigenvalue weighted by Gasteiger charge is -2.09. The lowest BCUT2D eigenvalue weighted by atomic mass is 9.99. The number of benzene rings is 4. The van der Waals surface area contributed by atoms with Crippen molar-refractivity contribution in [1.29, 1.82) is 0 Å². The highest BCUT2D eigenvalue weighted by Crippen LogP contribution is 2.29. The standard InChI is InChI=1S/C29H22F2O3/c1-3-18-33-25-16-17-26(28(31)27(25)30)34-29(32)24-14-12-23(13-15-24)22-10-8-21(9-11-22)20-6-4-19(2)5-7-20/h3-18H,1-2H3/b18-3+. The van der Waals surface area contributed by atoms with Crippen LogP contribution in [0.5, 0.6) is 11.5 Å². The van der Waals surface area contributed by atoms with Gasteiger partial charge in [0.2, 0.25) is 11.6 Å². The maximum absolute atomic E-state index is 14.3. The van der Waals surface area contributed by atoms with Crippen molar-refractivity contribution >= 4 is 5.97 Å². The molecule has 0 amide bonds. The van der Waals surface area contributed by atoms with Crippen molar-refractivity contribution in [3.05, 3.63) is 120 Å². The lowest BCUT2D eigenvalue weighted by molar-refractivity contribution is 0.0726. The molecule has 0 bridgehead atoms. The van der Waals surface area contributed by atoms with Crippen LogP contribution < -0.4 is 9.47 Å². The fraction of sp³-hybridized carbons (Fsp3) is 0.0690. The van der Waals surface area contributed by atoms with E-state index in [1.165, 1.54) is 24.0 Å². The third-order valence-electron chi connectivity index (χ3n) is 5.27. The number of aryl methyl sites for hydroxylation is 1. The summed E-state index contributed by atoms with van der Waals surface area (Å²) in [6, 6.07) is 25.5. The molecule has 170 valence electrons. The molecule has 5 heteroatoms. The Kier molecular flexibility index (Phi) is 6.83. The van der Waals surface area contributed by atoms with Crippen LogP contribution in [-0.4, -0.2) is 5.97 Å². The largest absolute Gasteiger partial charge is 0.462 e. The first kappa shape index (κ1) is 22.9. The van der Waals surface area contributed by atoms with E-state index in [0.29, 0.717) is 0 Å². The second-order valence-corrected chi connectivity index (χ2v) is 7.69. The van der Waals surface area contributed by atoms with Gasteiger partial charge in [0.25, 0.3) is 0 Å². The van der Waals surface area contributed by atoms with Crippen molar-refractivity contribution in [3.63, 3.8) is 0 Å². The minimum absolute atomic E-state index is 0.217. The molecule has 3 nitrogen and oxygen atoms in total. The third kappa shape index (κ3) is 5.04. The van der Waals surface area contributed by atoms with Gasteiger partial charge in [0.1, 0.15) is 0 Å². The number of carbonyl (C=O) groups is 1. The highest BCUT2D eigenvalue weighted by Gasteiger charge is 2.18. The summed E-state index contributed by atoms with van der Waals surface area (Å²) in [5, 5.41) is 0. The summed E-state index contributed by atoms with van der Waals surface area (Å²) >= 11 is 0. The molecule has 4 aromatic carbocycles. The number of ether oxygens (including phenoxy) is 2. The molecule has 0 N–H and O–H groups in total. The van der Waals surface area contributed by atoms with Gasteiger partial charge in [-0.15, -0.1) is 0 Å². The SMILES string of the molecule is C/C=C/Oc1ccc(OC(=O)c2ccc(-c3ccc(-c4ccc(C)cc4)cc3)cc2)c(F)c1F. The van der Waals surface area contributed by atoms with Crippen LogP contribution in [0, 0.1) is 18.6 Å². The van der Waals surface area contributed by atoms with E-state index in [0.717, 1.165) is 28.3 Å². The summed E-state index contributed by atoms with van der Waals surface area (Å²) in [5.74, 6) is -4.12. The van der Waals surface area contributed by atoms with E-state index in [9.17, 15) is 13.6 Å². The average molecular weight is 456 g/mol. The Hall–Kier alpha value is -4.25. The van der Waals surface area contributed by atoms with Crippen molar-refractivity contribution in [3.8, 4) is 33.8 Å². The summed E-state index contributed by atoms with van der Waals surface area (Å²) in [5.41, 5.74) is 5.58. The molecular weight excluding hydrogens is 434 g/mol. The van der Waals surface area contributed by atoms with Crippen LogP contribution in [0.1, 0.15) is 22.8 Å². The number of carbonyl (C=O) groups excluding carboxylic acids is 1. The monoisotopic (exact) mass is 456 g/mol. The molecular formula is C29H22F2O3. The highest BCUT2D eigenvalue weighted by molar-refractivity contribution is 5.91. The summed E-state index contributed by atoms with van der Waals surface area (Å²) < 4.78 is 38.4. The van der Waals surface area contributed by atoms with Crippen molar-refractivity contribution in [2.75, 3.05) is 0 Å². The quantitative estimate of drug-likeness (QED) is 0.169. The first-order valence-electron chi connectivity index (χ1n) is 10.7. The second-order valence-electron chi connectivity index (χ2n) is 7.69. The van der Waals surface area contributed by atoms with E-state index in [-0.39, 0.29) is 11.3 Å². The van der Waals surface area contributed by atoms with E-state index < -0.39 is 23.4 Å². The predicted molar refractivity (Wildman–Crippen MR) is 129 cm³/mol. The first-order valence-corrected chi connectivity index (χ1v) is 10.7. The fourth-order valence-electron chi connectivity index (χ4n) is 3.38. The van der Waals surface area contributed by atoms with Gasteiger partial charge < -0.3 is 9.47 Å². The van der Waals surface area contributed by atoms with Gasteiger partial charge in [-0.2, -0.15) is 8.78 Å². The maximum atomic E-state index is 14.3. The van der Waals surface area contributed by atoms with Crippen LogP contribution >= 0.6 is 0 Å². The van der Waals surface area contributed by atoms with Crippen LogP contribution in [0.15, 0.2) is 97.3 Å².